The highest BCUT2D eigenvalue weighted by atomic mass is 16.4. The van der Waals surface area contributed by atoms with Crippen LogP contribution in [-0.4, -0.2) is 20.9 Å². The van der Waals surface area contributed by atoms with Crippen molar-refractivity contribution in [1.29, 1.82) is 0 Å². The molecular formula is C12H12N2O2. The second-order valence-corrected chi connectivity index (χ2v) is 3.51. The van der Waals surface area contributed by atoms with Gasteiger partial charge in [0.05, 0.1) is 5.52 Å². The molecule has 1 heterocycles. The second-order valence-electron chi connectivity index (χ2n) is 3.51. The zero-order valence-electron chi connectivity index (χ0n) is 9.14. The van der Waals surface area contributed by atoms with Gasteiger partial charge in [-0.3, -0.25) is 0 Å². The number of carboxylic acids is 1. The summed E-state index contributed by atoms with van der Waals surface area (Å²) in [5.74, 6) is -1.00. The maximum atomic E-state index is 11.0. The van der Waals surface area contributed by atoms with Crippen LogP contribution in [0, 0.1) is 0 Å². The van der Waals surface area contributed by atoms with Crippen molar-refractivity contribution in [3.05, 3.63) is 36.0 Å². The van der Waals surface area contributed by atoms with E-state index in [1.165, 1.54) is 0 Å². The molecule has 0 aliphatic carbocycles. The van der Waals surface area contributed by atoms with E-state index >= 15 is 0 Å². The Kier molecular flexibility index (Phi) is 2.48. The van der Waals surface area contributed by atoms with E-state index in [9.17, 15) is 4.79 Å². The molecule has 16 heavy (non-hydrogen) atoms. The van der Waals surface area contributed by atoms with Crippen LogP contribution >= 0.6 is 0 Å². The molecule has 0 spiro atoms. The van der Waals surface area contributed by atoms with E-state index in [0.717, 1.165) is 11.2 Å². The van der Waals surface area contributed by atoms with Gasteiger partial charge in [0.2, 0.25) is 0 Å². The van der Waals surface area contributed by atoms with Crippen molar-refractivity contribution in [3.63, 3.8) is 0 Å². The summed E-state index contributed by atoms with van der Waals surface area (Å²) < 4.78 is 1.65. The van der Waals surface area contributed by atoms with E-state index in [2.05, 4.69) is 5.10 Å². The summed E-state index contributed by atoms with van der Waals surface area (Å²) in [6, 6.07) is 7.31. The van der Waals surface area contributed by atoms with Crippen LogP contribution in [0.5, 0.6) is 0 Å². The molecule has 0 amide bonds. The summed E-state index contributed by atoms with van der Waals surface area (Å²) in [6.07, 6.45) is 1.89. The quantitative estimate of drug-likeness (QED) is 0.839. The van der Waals surface area contributed by atoms with E-state index in [1.807, 2.05) is 38.1 Å². The number of fused-ring (bicyclic) bond motifs is 1. The first-order valence-electron chi connectivity index (χ1n) is 4.99. The van der Waals surface area contributed by atoms with Crippen LogP contribution in [-0.2, 0) is 0 Å². The maximum absolute atomic E-state index is 11.0. The van der Waals surface area contributed by atoms with Crippen molar-refractivity contribution in [2.45, 2.75) is 13.8 Å². The summed E-state index contributed by atoms with van der Waals surface area (Å²) in [6.45, 7) is 3.79. The van der Waals surface area contributed by atoms with Crippen LogP contribution in [0.25, 0.3) is 16.6 Å². The van der Waals surface area contributed by atoms with E-state index in [-0.39, 0.29) is 5.69 Å². The number of hydrogen-bond donors (Lipinski definition) is 1. The number of carboxylic acid groups (broad SMARTS) is 1. The van der Waals surface area contributed by atoms with Crippen LogP contribution < -0.4 is 0 Å². The van der Waals surface area contributed by atoms with Crippen LogP contribution in [0.3, 0.4) is 0 Å². The van der Waals surface area contributed by atoms with E-state index in [0.29, 0.717) is 5.39 Å². The molecule has 0 saturated heterocycles. The third-order valence-electron chi connectivity index (χ3n) is 2.54. The normalized spacial score (nSPS) is 12.0. The molecule has 82 valence electrons. The van der Waals surface area contributed by atoms with E-state index in [4.69, 9.17) is 5.11 Å². The highest BCUT2D eigenvalue weighted by Crippen LogP contribution is 2.21. The molecule has 2 aromatic rings. The number of rotatable bonds is 2. The molecule has 0 atom stereocenters. The lowest BCUT2D eigenvalue weighted by Crippen LogP contribution is -2.01. The topological polar surface area (TPSA) is 55.1 Å². The average Bonchev–Trinajstić information content (AvgIpc) is 2.67. The monoisotopic (exact) mass is 216 g/mol. The van der Waals surface area contributed by atoms with Gasteiger partial charge >= 0.3 is 5.97 Å². The predicted octanol–water partition coefficient (Wildman–Crippen LogP) is 2.62. The van der Waals surface area contributed by atoms with Gasteiger partial charge in [-0.25, -0.2) is 9.48 Å². The van der Waals surface area contributed by atoms with Crippen LogP contribution in [0.4, 0.5) is 0 Å². The largest absolute Gasteiger partial charge is 0.476 e. The number of para-hydroxylation sites is 1. The van der Waals surface area contributed by atoms with Gasteiger partial charge in [0.15, 0.2) is 5.69 Å². The molecule has 4 nitrogen and oxygen atoms in total. The number of carbonyl (C=O) groups is 1. The molecular weight excluding hydrogens is 204 g/mol. The third-order valence-corrected chi connectivity index (χ3v) is 2.54. The first kappa shape index (κ1) is 10.4. The van der Waals surface area contributed by atoms with Gasteiger partial charge in [0.25, 0.3) is 0 Å². The fraction of sp³-hybridized carbons (Fsp3) is 0.167. The lowest BCUT2D eigenvalue weighted by atomic mass is 10.2. The zero-order valence-corrected chi connectivity index (χ0v) is 9.14. The third kappa shape index (κ3) is 1.48. The Bertz CT molecular complexity index is 582. The summed E-state index contributed by atoms with van der Waals surface area (Å²) in [5, 5.41) is 13.8. The van der Waals surface area contributed by atoms with Crippen molar-refractivity contribution < 1.29 is 9.90 Å². The Balaban J connectivity index is 2.82. The predicted molar refractivity (Wildman–Crippen MR) is 62.3 cm³/mol. The summed E-state index contributed by atoms with van der Waals surface area (Å²) in [5.41, 5.74) is 1.82. The number of allylic oxidation sites excluding steroid dienone is 2. The lowest BCUT2D eigenvalue weighted by molar-refractivity contribution is 0.0692. The number of benzene rings is 1. The second kappa shape index (κ2) is 3.81. The minimum atomic E-state index is -1.00. The SMILES string of the molecule is C/C=C(\C)n1nc(C(=O)O)c2ccccc21. The van der Waals surface area contributed by atoms with E-state index in [1.54, 1.807) is 10.7 Å². The Hall–Kier alpha value is -2.10. The molecule has 1 aromatic heterocycles. The van der Waals surface area contributed by atoms with Crippen molar-refractivity contribution in [3.8, 4) is 0 Å². The fourth-order valence-electron chi connectivity index (χ4n) is 1.62. The molecule has 0 bridgehead atoms. The molecule has 2 rings (SSSR count). The highest BCUT2D eigenvalue weighted by Gasteiger charge is 2.15. The molecule has 0 saturated carbocycles. The Morgan fingerprint density at radius 3 is 2.75 bits per heavy atom. The molecule has 4 heteroatoms. The first-order chi connectivity index (χ1) is 7.65. The van der Waals surface area contributed by atoms with Crippen molar-refractivity contribution >= 4 is 22.6 Å². The number of hydrogen-bond acceptors (Lipinski definition) is 2. The van der Waals surface area contributed by atoms with Gasteiger partial charge in [-0.2, -0.15) is 5.10 Å². The summed E-state index contributed by atoms with van der Waals surface area (Å²) in [4.78, 5) is 11.0. The first-order valence-corrected chi connectivity index (χ1v) is 4.99. The highest BCUT2D eigenvalue weighted by molar-refractivity contribution is 6.01. The molecule has 0 aliphatic heterocycles. The minimum Gasteiger partial charge on any atom is -0.476 e. The van der Waals surface area contributed by atoms with Crippen LogP contribution in [0.2, 0.25) is 0 Å². The minimum absolute atomic E-state index is 0.0943. The Labute approximate surface area is 92.8 Å². The van der Waals surface area contributed by atoms with Gasteiger partial charge in [-0.15, -0.1) is 0 Å². The average molecular weight is 216 g/mol. The Morgan fingerprint density at radius 1 is 1.44 bits per heavy atom. The van der Waals surface area contributed by atoms with E-state index < -0.39 is 5.97 Å². The molecule has 0 fully saturated rings. The Morgan fingerprint density at radius 2 is 2.12 bits per heavy atom. The van der Waals surface area contributed by atoms with Crippen LogP contribution in [0.1, 0.15) is 24.3 Å². The van der Waals surface area contributed by atoms with Gasteiger partial charge in [-0.1, -0.05) is 24.3 Å². The number of aromatic nitrogens is 2. The van der Waals surface area contributed by atoms with Gasteiger partial charge < -0.3 is 5.11 Å². The molecule has 1 N–H and O–H groups in total. The maximum Gasteiger partial charge on any atom is 0.357 e. The van der Waals surface area contributed by atoms with Crippen LogP contribution in [0.15, 0.2) is 30.3 Å². The van der Waals surface area contributed by atoms with Gasteiger partial charge in [-0.05, 0) is 19.9 Å². The number of nitrogens with zero attached hydrogens (tertiary/aromatic N) is 2. The standard InChI is InChI=1S/C12H12N2O2/c1-3-8(2)14-10-7-5-4-6-9(10)11(13-14)12(15)16/h3-7H,1-2H3,(H,15,16)/b8-3+. The van der Waals surface area contributed by atoms with Crippen molar-refractivity contribution in [2.75, 3.05) is 0 Å². The fourth-order valence-corrected chi connectivity index (χ4v) is 1.62. The number of aromatic carboxylic acids is 1. The van der Waals surface area contributed by atoms with Gasteiger partial charge in [0, 0.05) is 11.1 Å². The summed E-state index contributed by atoms with van der Waals surface area (Å²) >= 11 is 0. The molecule has 0 aliphatic rings. The molecule has 1 aromatic carbocycles. The van der Waals surface area contributed by atoms with Crippen molar-refractivity contribution in [2.24, 2.45) is 0 Å². The lowest BCUT2D eigenvalue weighted by Gasteiger charge is -2.01. The van der Waals surface area contributed by atoms with Gasteiger partial charge in [0.1, 0.15) is 0 Å². The smallest absolute Gasteiger partial charge is 0.357 e. The molecule has 0 radical (unpaired) electrons. The van der Waals surface area contributed by atoms with Crippen molar-refractivity contribution in [1.82, 2.24) is 9.78 Å². The zero-order chi connectivity index (χ0) is 11.7. The summed E-state index contributed by atoms with van der Waals surface area (Å²) in [7, 11) is 0. The molecule has 0 unspecified atom stereocenters.